The van der Waals surface area contributed by atoms with Gasteiger partial charge in [-0.1, -0.05) is 18.3 Å². The number of rotatable bonds is 7. The van der Waals surface area contributed by atoms with Gasteiger partial charge in [0.05, 0.1) is 12.7 Å². The van der Waals surface area contributed by atoms with Crippen LogP contribution in [0.3, 0.4) is 0 Å². The van der Waals surface area contributed by atoms with Crippen molar-refractivity contribution in [3.05, 3.63) is 11.1 Å². The minimum atomic E-state index is -1.09. The Morgan fingerprint density at radius 2 is 2.10 bits per heavy atom. The maximum absolute atomic E-state index is 11.6. The minimum absolute atomic E-state index is 0.134. The van der Waals surface area contributed by atoms with Crippen molar-refractivity contribution >= 4 is 29.3 Å². The van der Waals surface area contributed by atoms with Crippen LogP contribution in [0, 0.1) is 5.92 Å². The van der Waals surface area contributed by atoms with E-state index in [2.05, 4.69) is 20.2 Å². The van der Waals surface area contributed by atoms with E-state index in [4.69, 9.17) is 5.11 Å². The quantitative estimate of drug-likeness (QED) is 0.645. The van der Waals surface area contributed by atoms with E-state index < -0.39 is 23.8 Å². The summed E-state index contributed by atoms with van der Waals surface area (Å²) in [6.45, 7) is 3.43. The van der Waals surface area contributed by atoms with Crippen LogP contribution in [-0.4, -0.2) is 45.1 Å². The monoisotopic (exact) mass is 300 g/mol. The van der Waals surface area contributed by atoms with E-state index in [0.29, 0.717) is 6.42 Å². The number of nitrogens with zero attached hydrogens (tertiary/aromatic N) is 2. The third-order valence-corrected chi connectivity index (χ3v) is 3.00. The first-order valence-electron chi connectivity index (χ1n) is 5.98. The fraction of sp³-hybridized carbons (Fsp3) is 0.545. The molecule has 1 aromatic rings. The molecule has 20 heavy (non-hydrogen) atoms. The lowest BCUT2D eigenvalue weighted by Gasteiger charge is -2.16. The highest BCUT2D eigenvalue weighted by molar-refractivity contribution is 7.07. The van der Waals surface area contributed by atoms with E-state index >= 15 is 0 Å². The molecule has 0 unspecified atom stereocenters. The summed E-state index contributed by atoms with van der Waals surface area (Å²) in [6.07, 6.45) is 1.62. The molecule has 0 aliphatic carbocycles. The summed E-state index contributed by atoms with van der Waals surface area (Å²) in [5.74, 6) is -1.98. The molecule has 8 nitrogen and oxygen atoms in total. The van der Waals surface area contributed by atoms with Crippen molar-refractivity contribution in [3.8, 4) is 0 Å². The fourth-order valence-corrected chi connectivity index (χ4v) is 1.88. The van der Waals surface area contributed by atoms with Gasteiger partial charge in [-0.2, -0.15) is 0 Å². The van der Waals surface area contributed by atoms with E-state index in [-0.39, 0.29) is 17.3 Å². The van der Waals surface area contributed by atoms with E-state index in [1.165, 1.54) is 6.20 Å². The number of carbonyl (C=O) groups is 3. The van der Waals surface area contributed by atoms with Crippen LogP contribution in [0.2, 0.25) is 0 Å². The molecule has 0 aliphatic heterocycles. The average molecular weight is 300 g/mol. The molecular formula is C11H16N4O4S. The molecule has 0 fully saturated rings. The lowest BCUT2D eigenvalue weighted by Crippen LogP contribution is -2.46. The third kappa shape index (κ3) is 5.31. The lowest BCUT2D eigenvalue weighted by molar-refractivity contribution is -0.142. The van der Waals surface area contributed by atoms with Gasteiger partial charge < -0.3 is 15.7 Å². The summed E-state index contributed by atoms with van der Waals surface area (Å²) in [6, 6.07) is -0.954. The zero-order valence-electron chi connectivity index (χ0n) is 11.1. The molecular weight excluding hydrogens is 284 g/mol. The molecule has 1 heterocycles. The van der Waals surface area contributed by atoms with Crippen molar-refractivity contribution in [2.24, 2.45) is 5.92 Å². The fourth-order valence-electron chi connectivity index (χ4n) is 1.45. The molecule has 3 N–H and O–H groups in total. The lowest BCUT2D eigenvalue weighted by atomic mass is 10.0. The Morgan fingerprint density at radius 1 is 1.40 bits per heavy atom. The first-order valence-corrected chi connectivity index (χ1v) is 6.75. The maximum atomic E-state index is 11.6. The number of amides is 2. The topological polar surface area (TPSA) is 121 Å². The zero-order chi connectivity index (χ0) is 15.1. The Kier molecular flexibility index (Phi) is 6.04. The van der Waals surface area contributed by atoms with Gasteiger partial charge in [0.1, 0.15) is 10.9 Å². The Bertz CT molecular complexity index is 475. The number of hydrogen-bond donors (Lipinski definition) is 3. The van der Waals surface area contributed by atoms with Gasteiger partial charge in [-0.25, -0.2) is 4.79 Å². The highest BCUT2D eigenvalue weighted by Gasteiger charge is 2.21. The van der Waals surface area contributed by atoms with Crippen LogP contribution in [0.4, 0.5) is 0 Å². The smallest absolute Gasteiger partial charge is 0.326 e. The summed E-state index contributed by atoms with van der Waals surface area (Å²) >= 11 is 0.911. The molecule has 0 spiro atoms. The second-order valence-corrected chi connectivity index (χ2v) is 5.34. The number of aliphatic carboxylic acids is 1. The SMILES string of the molecule is CC(C)C[C@H](NC(=O)CNC(=O)c1cnns1)C(=O)O. The number of aromatic nitrogens is 2. The molecule has 110 valence electrons. The predicted octanol–water partition coefficient (Wildman–Crippen LogP) is -0.117. The van der Waals surface area contributed by atoms with Gasteiger partial charge in [0.25, 0.3) is 5.91 Å². The largest absolute Gasteiger partial charge is 0.480 e. The first kappa shape index (κ1) is 16.0. The summed E-state index contributed by atoms with van der Waals surface area (Å²) in [5, 5.41) is 17.2. The van der Waals surface area contributed by atoms with Crippen molar-refractivity contribution in [2.75, 3.05) is 6.54 Å². The van der Waals surface area contributed by atoms with Gasteiger partial charge in [-0.05, 0) is 23.9 Å². The van der Waals surface area contributed by atoms with Gasteiger partial charge in [0.2, 0.25) is 5.91 Å². The van der Waals surface area contributed by atoms with E-state index in [0.717, 1.165) is 11.5 Å². The third-order valence-electron chi connectivity index (χ3n) is 2.34. The average Bonchev–Trinajstić information content (AvgIpc) is 2.88. The molecule has 1 aromatic heterocycles. The summed E-state index contributed by atoms with van der Waals surface area (Å²) in [5.41, 5.74) is 0. The standard InChI is InChI=1S/C11H16N4O4S/c1-6(2)3-7(11(18)19)14-9(16)5-12-10(17)8-4-13-15-20-8/h4,6-7H,3,5H2,1-2H3,(H,12,17)(H,14,16)(H,18,19)/t7-/m0/s1. The van der Waals surface area contributed by atoms with E-state index in [1.54, 1.807) is 0 Å². The van der Waals surface area contributed by atoms with Crippen LogP contribution in [0.25, 0.3) is 0 Å². The Morgan fingerprint density at radius 3 is 2.60 bits per heavy atom. The molecule has 0 saturated heterocycles. The van der Waals surface area contributed by atoms with E-state index in [1.807, 2.05) is 13.8 Å². The Labute approximate surface area is 119 Å². The second kappa shape index (κ2) is 7.53. The minimum Gasteiger partial charge on any atom is -0.480 e. The van der Waals surface area contributed by atoms with Crippen LogP contribution in [0.1, 0.15) is 29.9 Å². The number of carboxylic acids is 1. The number of nitrogens with one attached hydrogen (secondary N) is 2. The Balaban J connectivity index is 2.42. The molecule has 9 heteroatoms. The zero-order valence-corrected chi connectivity index (χ0v) is 11.9. The molecule has 0 aliphatic rings. The summed E-state index contributed by atoms with van der Waals surface area (Å²) < 4.78 is 3.53. The van der Waals surface area contributed by atoms with Crippen LogP contribution >= 0.6 is 11.5 Å². The van der Waals surface area contributed by atoms with Gasteiger partial charge >= 0.3 is 5.97 Å². The first-order chi connectivity index (χ1) is 9.40. The molecule has 1 atom stereocenters. The molecule has 1 rings (SSSR count). The molecule has 0 aromatic carbocycles. The van der Waals surface area contributed by atoms with Gasteiger partial charge in [0, 0.05) is 0 Å². The van der Waals surface area contributed by atoms with Crippen molar-refractivity contribution in [2.45, 2.75) is 26.3 Å². The van der Waals surface area contributed by atoms with Crippen molar-refractivity contribution in [3.63, 3.8) is 0 Å². The molecule has 0 radical (unpaired) electrons. The number of carboxylic acid groups (broad SMARTS) is 1. The van der Waals surface area contributed by atoms with E-state index in [9.17, 15) is 14.4 Å². The van der Waals surface area contributed by atoms with Gasteiger partial charge in [-0.3, -0.25) is 9.59 Å². The van der Waals surface area contributed by atoms with Crippen molar-refractivity contribution < 1.29 is 19.5 Å². The predicted molar refractivity (Wildman–Crippen MR) is 71.3 cm³/mol. The Hall–Kier alpha value is -2.03. The van der Waals surface area contributed by atoms with Crippen LogP contribution in [-0.2, 0) is 9.59 Å². The van der Waals surface area contributed by atoms with Crippen LogP contribution < -0.4 is 10.6 Å². The van der Waals surface area contributed by atoms with Crippen LogP contribution in [0.5, 0.6) is 0 Å². The van der Waals surface area contributed by atoms with Gasteiger partial charge in [0.15, 0.2) is 0 Å². The highest BCUT2D eigenvalue weighted by atomic mass is 32.1. The van der Waals surface area contributed by atoms with Crippen molar-refractivity contribution in [1.29, 1.82) is 0 Å². The maximum Gasteiger partial charge on any atom is 0.326 e. The van der Waals surface area contributed by atoms with Crippen molar-refractivity contribution in [1.82, 2.24) is 20.2 Å². The van der Waals surface area contributed by atoms with Crippen LogP contribution in [0.15, 0.2) is 6.20 Å². The summed E-state index contributed by atoms with van der Waals surface area (Å²) in [7, 11) is 0. The summed E-state index contributed by atoms with van der Waals surface area (Å²) in [4.78, 5) is 34.4. The molecule has 2 amide bonds. The molecule has 0 saturated carbocycles. The molecule has 0 bridgehead atoms. The second-order valence-electron chi connectivity index (χ2n) is 4.55. The number of carbonyl (C=O) groups excluding carboxylic acids is 2. The van der Waals surface area contributed by atoms with Gasteiger partial charge in [-0.15, -0.1) is 5.10 Å². The normalized spacial score (nSPS) is 11.9. The number of hydrogen-bond acceptors (Lipinski definition) is 6. The highest BCUT2D eigenvalue weighted by Crippen LogP contribution is 2.05.